The molecule has 4 rings (SSSR count). The van der Waals surface area contributed by atoms with Crippen LogP contribution in [-0.4, -0.2) is 25.6 Å². The highest BCUT2D eigenvalue weighted by atomic mass is 15.3. The van der Waals surface area contributed by atoms with Gasteiger partial charge in [-0.2, -0.15) is 0 Å². The zero-order chi connectivity index (χ0) is 17.9. The number of hydrogen-bond donors (Lipinski definition) is 1. The summed E-state index contributed by atoms with van der Waals surface area (Å²) in [5.41, 5.74) is 4.11. The average Bonchev–Trinajstić information content (AvgIpc) is 3.13. The molecule has 5 heteroatoms. The molecule has 0 radical (unpaired) electrons. The third-order valence-electron chi connectivity index (χ3n) is 4.77. The van der Waals surface area contributed by atoms with E-state index in [2.05, 4.69) is 70.2 Å². The first-order valence-corrected chi connectivity index (χ1v) is 9.23. The first-order valence-electron chi connectivity index (χ1n) is 9.23. The van der Waals surface area contributed by atoms with E-state index in [9.17, 15) is 0 Å². The molecule has 0 aliphatic rings. The molecule has 0 bridgehead atoms. The average molecular weight is 345 g/mol. The summed E-state index contributed by atoms with van der Waals surface area (Å²) in [6, 6.07) is 19.0. The minimum absolute atomic E-state index is 0.289. The Bertz CT molecular complexity index is 1020. The number of nitrogens with zero attached hydrogens (tertiary/aromatic N) is 4. The van der Waals surface area contributed by atoms with Gasteiger partial charge in [0.05, 0.1) is 11.0 Å². The van der Waals surface area contributed by atoms with Gasteiger partial charge in [-0.1, -0.05) is 56.3 Å². The van der Waals surface area contributed by atoms with E-state index in [1.807, 2.05) is 18.2 Å². The van der Waals surface area contributed by atoms with E-state index >= 15 is 0 Å². The van der Waals surface area contributed by atoms with Gasteiger partial charge in [0.25, 0.3) is 0 Å². The smallest absolute Gasteiger partial charge is 0.204 e. The molecule has 2 aromatic heterocycles. The van der Waals surface area contributed by atoms with Crippen LogP contribution in [0, 0.1) is 0 Å². The molecule has 1 unspecified atom stereocenters. The number of aromatic nitrogens is 4. The highest BCUT2D eigenvalue weighted by molar-refractivity contribution is 5.83. The highest BCUT2D eigenvalue weighted by Crippen LogP contribution is 2.23. The van der Waals surface area contributed by atoms with Gasteiger partial charge >= 0.3 is 0 Å². The van der Waals surface area contributed by atoms with Crippen molar-refractivity contribution in [2.24, 2.45) is 0 Å². The van der Waals surface area contributed by atoms with Crippen LogP contribution in [0.2, 0.25) is 0 Å². The van der Waals surface area contributed by atoms with E-state index in [-0.39, 0.29) is 6.04 Å². The lowest BCUT2D eigenvalue weighted by molar-refractivity contribution is 0.687. The second-order valence-electron chi connectivity index (χ2n) is 6.52. The maximum absolute atomic E-state index is 4.85. The lowest BCUT2D eigenvalue weighted by Gasteiger charge is -2.18. The fraction of sp³-hybridized carbons (Fsp3) is 0.286. The molecule has 132 valence electrons. The van der Waals surface area contributed by atoms with Crippen LogP contribution in [0.1, 0.15) is 31.7 Å². The summed E-state index contributed by atoms with van der Waals surface area (Å²) < 4.78 is 2.12. The van der Waals surface area contributed by atoms with Crippen LogP contribution in [0.25, 0.3) is 16.7 Å². The fourth-order valence-electron chi connectivity index (χ4n) is 3.36. The van der Waals surface area contributed by atoms with Crippen molar-refractivity contribution >= 4 is 22.5 Å². The van der Waals surface area contributed by atoms with Crippen LogP contribution in [0.4, 0.5) is 5.82 Å². The van der Waals surface area contributed by atoms with Crippen molar-refractivity contribution < 1.29 is 0 Å². The van der Waals surface area contributed by atoms with Crippen molar-refractivity contribution in [1.82, 2.24) is 19.6 Å². The van der Waals surface area contributed by atoms with Crippen LogP contribution >= 0.6 is 0 Å². The van der Waals surface area contributed by atoms with Gasteiger partial charge in [0.1, 0.15) is 5.82 Å². The van der Waals surface area contributed by atoms with Crippen molar-refractivity contribution in [2.75, 3.05) is 5.32 Å². The first kappa shape index (κ1) is 16.5. The molecule has 0 fully saturated rings. The quantitative estimate of drug-likeness (QED) is 0.567. The molecule has 0 spiro atoms. The van der Waals surface area contributed by atoms with Crippen LogP contribution in [0.3, 0.4) is 0 Å². The van der Waals surface area contributed by atoms with E-state index in [1.165, 1.54) is 5.56 Å². The summed E-state index contributed by atoms with van der Waals surface area (Å²) in [4.78, 5) is 4.85. The van der Waals surface area contributed by atoms with Crippen molar-refractivity contribution in [1.29, 1.82) is 0 Å². The minimum Gasteiger partial charge on any atom is -0.364 e. The van der Waals surface area contributed by atoms with Gasteiger partial charge in [-0.05, 0) is 30.5 Å². The predicted molar refractivity (Wildman–Crippen MR) is 106 cm³/mol. The fourth-order valence-corrected chi connectivity index (χ4v) is 3.36. The normalized spacial score (nSPS) is 12.5. The van der Waals surface area contributed by atoms with Crippen molar-refractivity contribution in [3.8, 4) is 0 Å². The summed E-state index contributed by atoms with van der Waals surface area (Å²) in [5.74, 6) is 1.76. The SMILES string of the molecule is CCc1nnc2c(NC(CC)Cc3ccccc3)nc3ccccc3n12. The minimum atomic E-state index is 0.289. The molecular formula is C21H23N5. The van der Waals surface area contributed by atoms with Gasteiger partial charge in [-0.15, -0.1) is 10.2 Å². The highest BCUT2D eigenvalue weighted by Gasteiger charge is 2.16. The van der Waals surface area contributed by atoms with Crippen LogP contribution < -0.4 is 5.32 Å². The Morgan fingerprint density at radius 1 is 0.962 bits per heavy atom. The van der Waals surface area contributed by atoms with Gasteiger partial charge in [0.2, 0.25) is 5.65 Å². The lowest BCUT2D eigenvalue weighted by atomic mass is 10.0. The number of anilines is 1. The Balaban J connectivity index is 1.76. The van der Waals surface area contributed by atoms with Gasteiger partial charge in [-0.3, -0.25) is 4.40 Å². The Morgan fingerprint density at radius 2 is 1.73 bits per heavy atom. The number of rotatable bonds is 6. The zero-order valence-corrected chi connectivity index (χ0v) is 15.2. The van der Waals surface area contributed by atoms with Gasteiger partial charge in [0, 0.05) is 12.5 Å². The third kappa shape index (κ3) is 3.01. The monoisotopic (exact) mass is 345 g/mol. The van der Waals surface area contributed by atoms with Crippen LogP contribution in [0.5, 0.6) is 0 Å². The standard InChI is InChI=1S/C21H23N5/c1-3-16(14-15-10-6-5-7-11-15)22-20-21-25-24-19(4-2)26(21)18-13-9-8-12-17(18)23-20/h5-13,16H,3-4,14H2,1-2H3,(H,22,23). The maximum Gasteiger partial charge on any atom is 0.204 e. The van der Waals surface area contributed by atoms with E-state index in [0.717, 1.165) is 47.6 Å². The van der Waals surface area contributed by atoms with Crippen molar-refractivity contribution in [3.63, 3.8) is 0 Å². The maximum atomic E-state index is 4.85. The molecule has 5 nitrogen and oxygen atoms in total. The first-order chi connectivity index (χ1) is 12.8. The van der Waals surface area contributed by atoms with E-state index in [4.69, 9.17) is 4.98 Å². The predicted octanol–water partition coefficient (Wildman–Crippen LogP) is 4.27. The summed E-state index contributed by atoms with van der Waals surface area (Å²) in [5, 5.41) is 12.4. The van der Waals surface area contributed by atoms with Crippen LogP contribution in [0.15, 0.2) is 54.6 Å². The number of aryl methyl sites for hydroxylation is 1. The third-order valence-corrected chi connectivity index (χ3v) is 4.77. The van der Waals surface area contributed by atoms with E-state index in [1.54, 1.807) is 0 Å². The van der Waals surface area contributed by atoms with E-state index < -0.39 is 0 Å². The molecule has 0 saturated carbocycles. The zero-order valence-electron chi connectivity index (χ0n) is 15.2. The molecule has 1 N–H and O–H groups in total. The molecule has 26 heavy (non-hydrogen) atoms. The second-order valence-corrected chi connectivity index (χ2v) is 6.52. The van der Waals surface area contributed by atoms with Gasteiger partial charge in [0.15, 0.2) is 5.82 Å². The summed E-state index contributed by atoms with van der Waals surface area (Å²) >= 11 is 0. The molecule has 0 saturated heterocycles. The van der Waals surface area contributed by atoms with E-state index in [0.29, 0.717) is 0 Å². The molecule has 0 aliphatic heterocycles. The topological polar surface area (TPSA) is 55.1 Å². The molecule has 2 heterocycles. The van der Waals surface area contributed by atoms with Gasteiger partial charge < -0.3 is 5.32 Å². The summed E-state index contributed by atoms with van der Waals surface area (Å²) in [7, 11) is 0. The molecule has 4 aromatic rings. The molecule has 1 atom stereocenters. The lowest BCUT2D eigenvalue weighted by Crippen LogP contribution is -2.22. The van der Waals surface area contributed by atoms with Crippen molar-refractivity contribution in [3.05, 3.63) is 66.0 Å². The Kier molecular flexibility index (Phi) is 4.52. The number of para-hydroxylation sites is 2. The molecule has 0 amide bonds. The molecule has 0 aliphatic carbocycles. The number of nitrogens with one attached hydrogen (secondary N) is 1. The second kappa shape index (κ2) is 7.12. The Hall–Kier alpha value is -2.95. The molecule has 2 aromatic carbocycles. The largest absolute Gasteiger partial charge is 0.364 e. The summed E-state index contributed by atoms with van der Waals surface area (Å²) in [6.45, 7) is 4.29. The number of hydrogen-bond acceptors (Lipinski definition) is 4. The summed E-state index contributed by atoms with van der Waals surface area (Å²) in [6.07, 6.45) is 2.78. The van der Waals surface area contributed by atoms with Gasteiger partial charge in [-0.25, -0.2) is 4.98 Å². The van der Waals surface area contributed by atoms with Crippen molar-refractivity contribution in [2.45, 2.75) is 39.2 Å². The van der Waals surface area contributed by atoms with Crippen LogP contribution in [-0.2, 0) is 12.8 Å². The number of fused-ring (bicyclic) bond motifs is 3. The Labute approximate surface area is 153 Å². The number of benzene rings is 2. The molecular weight excluding hydrogens is 322 g/mol. The Morgan fingerprint density at radius 3 is 2.50 bits per heavy atom.